The Hall–Kier alpha value is -2.52. The van der Waals surface area contributed by atoms with E-state index in [0.717, 1.165) is 6.20 Å². The molecule has 0 radical (unpaired) electrons. The summed E-state index contributed by atoms with van der Waals surface area (Å²) in [5, 5.41) is 0. The van der Waals surface area contributed by atoms with Crippen molar-refractivity contribution in [1.82, 2.24) is 24.9 Å². The highest BCUT2D eigenvalue weighted by atomic mass is 19.4. The first-order valence-corrected chi connectivity index (χ1v) is 4.53. The average Bonchev–Trinajstić information content (AvgIpc) is 2.27. The van der Waals surface area contributed by atoms with Crippen molar-refractivity contribution in [2.24, 2.45) is 0 Å². The number of nitrogens with two attached hydrogens (primary N) is 2. The SMILES string of the molecule is Nc1nc(N)nc(-c2cncc(C(F)(F)F)n2)n1. The fourth-order valence-corrected chi connectivity index (χ4v) is 1.13. The summed E-state index contributed by atoms with van der Waals surface area (Å²) in [5.74, 6) is -0.591. The molecule has 0 unspecified atom stereocenters. The summed E-state index contributed by atoms with van der Waals surface area (Å²) in [4.78, 5) is 17.5. The van der Waals surface area contributed by atoms with Crippen LogP contribution in [0.2, 0.25) is 0 Å². The number of alkyl halides is 3. The van der Waals surface area contributed by atoms with Crippen molar-refractivity contribution in [3.05, 3.63) is 18.1 Å². The summed E-state index contributed by atoms with van der Waals surface area (Å²) in [6, 6.07) is 0. The molecule has 2 heterocycles. The number of rotatable bonds is 1. The molecule has 0 saturated heterocycles. The Morgan fingerprint density at radius 1 is 0.889 bits per heavy atom. The normalized spacial score (nSPS) is 11.5. The zero-order valence-corrected chi connectivity index (χ0v) is 8.68. The van der Waals surface area contributed by atoms with Crippen LogP contribution in [-0.4, -0.2) is 24.9 Å². The van der Waals surface area contributed by atoms with Crippen LogP contribution in [0.25, 0.3) is 11.5 Å². The molecule has 0 bridgehead atoms. The molecule has 4 N–H and O–H groups in total. The molecule has 0 amide bonds. The van der Waals surface area contributed by atoms with Gasteiger partial charge in [-0.3, -0.25) is 4.98 Å². The lowest BCUT2D eigenvalue weighted by atomic mass is 10.3. The van der Waals surface area contributed by atoms with Crippen LogP contribution in [-0.2, 0) is 6.18 Å². The third-order valence-corrected chi connectivity index (χ3v) is 1.82. The zero-order chi connectivity index (χ0) is 13.3. The average molecular weight is 257 g/mol. The minimum absolute atomic E-state index is 0.168. The highest BCUT2D eigenvalue weighted by Crippen LogP contribution is 2.28. The van der Waals surface area contributed by atoms with Gasteiger partial charge in [0.05, 0.1) is 12.4 Å². The zero-order valence-electron chi connectivity index (χ0n) is 8.68. The number of aromatic nitrogens is 5. The third-order valence-electron chi connectivity index (χ3n) is 1.82. The van der Waals surface area contributed by atoms with Crippen LogP contribution < -0.4 is 11.5 Å². The lowest BCUT2D eigenvalue weighted by molar-refractivity contribution is -0.141. The lowest BCUT2D eigenvalue weighted by Gasteiger charge is -2.06. The molecule has 2 rings (SSSR count). The van der Waals surface area contributed by atoms with Gasteiger partial charge in [0, 0.05) is 0 Å². The summed E-state index contributed by atoms with van der Waals surface area (Å²) in [7, 11) is 0. The molecule has 0 fully saturated rings. The van der Waals surface area contributed by atoms with Crippen molar-refractivity contribution in [3.63, 3.8) is 0 Å². The molecule has 18 heavy (non-hydrogen) atoms. The quantitative estimate of drug-likeness (QED) is 0.764. The Morgan fingerprint density at radius 2 is 1.50 bits per heavy atom. The summed E-state index contributed by atoms with van der Waals surface area (Å²) in [6.45, 7) is 0. The van der Waals surface area contributed by atoms with E-state index in [1.54, 1.807) is 0 Å². The predicted octanol–water partition coefficient (Wildman–Crippen LogP) is 0.512. The van der Waals surface area contributed by atoms with E-state index in [1.165, 1.54) is 0 Å². The van der Waals surface area contributed by atoms with Gasteiger partial charge in [0.1, 0.15) is 5.69 Å². The topological polar surface area (TPSA) is 116 Å². The standard InChI is InChI=1S/C8H6F3N7/c9-8(10,11)4-2-14-1-3(15-4)5-16-6(12)18-7(13)17-5/h1-2H,(H4,12,13,16,17,18). The Balaban J connectivity index is 2.51. The maximum absolute atomic E-state index is 12.4. The number of nitrogens with zero attached hydrogens (tertiary/aromatic N) is 5. The molecule has 2 aromatic heterocycles. The van der Waals surface area contributed by atoms with Crippen LogP contribution in [0.3, 0.4) is 0 Å². The van der Waals surface area contributed by atoms with Crippen molar-refractivity contribution in [1.29, 1.82) is 0 Å². The second-order valence-electron chi connectivity index (χ2n) is 3.16. The predicted molar refractivity (Wildman–Crippen MR) is 54.7 cm³/mol. The summed E-state index contributed by atoms with van der Waals surface area (Å²) < 4.78 is 37.3. The highest BCUT2D eigenvalue weighted by Gasteiger charge is 2.33. The molecular weight excluding hydrogens is 251 g/mol. The van der Waals surface area contributed by atoms with Crippen LogP contribution in [0, 0.1) is 0 Å². The molecule has 0 saturated carbocycles. The van der Waals surface area contributed by atoms with Gasteiger partial charge in [0.25, 0.3) is 0 Å². The number of hydrogen-bond donors (Lipinski definition) is 2. The monoisotopic (exact) mass is 257 g/mol. The fourth-order valence-electron chi connectivity index (χ4n) is 1.13. The van der Waals surface area contributed by atoms with Gasteiger partial charge < -0.3 is 11.5 Å². The van der Waals surface area contributed by atoms with Crippen LogP contribution in [0.4, 0.5) is 25.1 Å². The van der Waals surface area contributed by atoms with Gasteiger partial charge >= 0.3 is 6.18 Å². The van der Waals surface area contributed by atoms with E-state index in [1.807, 2.05) is 0 Å². The first kappa shape index (κ1) is 12.0. The van der Waals surface area contributed by atoms with Crippen LogP contribution in [0.5, 0.6) is 0 Å². The van der Waals surface area contributed by atoms with Gasteiger partial charge in [-0.15, -0.1) is 0 Å². The summed E-state index contributed by atoms with van der Waals surface area (Å²) in [5.41, 5.74) is 9.27. The largest absolute Gasteiger partial charge is 0.434 e. The molecule has 94 valence electrons. The number of halogens is 3. The van der Waals surface area contributed by atoms with Crippen molar-refractivity contribution in [3.8, 4) is 11.5 Å². The fraction of sp³-hybridized carbons (Fsp3) is 0.125. The molecule has 0 atom stereocenters. The second kappa shape index (κ2) is 4.05. The van der Waals surface area contributed by atoms with Crippen LogP contribution in [0.1, 0.15) is 5.69 Å². The molecule has 0 aliphatic heterocycles. The molecule has 10 heteroatoms. The van der Waals surface area contributed by atoms with E-state index in [2.05, 4.69) is 24.9 Å². The highest BCUT2D eigenvalue weighted by molar-refractivity contribution is 5.51. The molecular formula is C8H6F3N7. The van der Waals surface area contributed by atoms with Crippen molar-refractivity contribution < 1.29 is 13.2 Å². The molecule has 2 aromatic rings. The Labute approximate surface area is 98.1 Å². The van der Waals surface area contributed by atoms with Gasteiger partial charge in [0.15, 0.2) is 11.5 Å². The van der Waals surface area contributed by atoms with Crippen LogP contribution in [0.15, 0.2) is 12.4 Å². The summed E-state index contributed by atoms with van der Waals surface area (Å²) >= 11 is 0. The Kier molecular flexibility index (Phi) is 2.69. The molecule has 0 spiro atoms. The molecule has 0 aliphatic rings. The van der Waals surface area contributed by atoms with E-state index < -0.39 is 11.9 Å². The van der Waals surface area contributed by atoms with Gasteiger partial charge in [-0.2, -0.15) is 28.1 Å². The minimum atomic E-state index is -4.60. The van der Waals surface area contributed by atoms with E-state index in [-0.39, 0.29) is 23.4 Å². The lowest BCUT2D eigenvalue weighted by Crippen LogP contribution is -2.10. The summed E-state index contributed by atoms with van der Waals surface area (Å²) in [6.07, 6.45) is -2.94. The number of anilines is 2. The maximum Gasteiger partial charge on any atom is 0.434 e. The van der Waals surface area contributed by atoms with Gasteiger partial charge in [-0.25, -0.2) is 4.98 Å². The Bertz CT molecular complexity index is 563. The van der Waals surface area contributed by atoms with Gasteiger partial charge in [-0.05, 0) is 0 Å². The van der Waals surface area contributed by atoms with Crippen LogP contribution >= 0.6 is 0 Å². The van der Waals surface area contributed by atoms with E-state index in [4.69, 9.17) is 11.5 Å². The second-order valence-corrected chi connectivity index (χ2v) is 3.16. The minimum Gasteiger partial charge on any atom is -0.368 e. The number of nitrogen functional groups attached to an aromatic ring is 2. The Morgan fingerprint density at radius 3 is 2.06 bits per heavy atom. The molecule has 7 nitrogen and oxygen atoms in total. The van der Waals surface area contributed by atoms with Crippen molar-refractivity contribution in [2.75, 3.05) is 11.5 Å². The van der Waals surface area contributed by atoms with Gasteiger partial charge in [0.2, 0.25) is 11.9 Å². The first-order valence-electron chi connectivity index (χ1n) is 4.53. The maximum atomic E-state index is 12.4. The van der Waals surface area contributed by atoms with E-state index in [9.17, 15) is 13.2 Å². The van der Waals surface area contributed by atoms with Crippen molar-refractivity contribution in [2.45, 2.75) is 6.18 Å². The van der Waals surface area contributed by atoms with E-state index in [0.29, 0.717) is 6.20 Å². The third kappa shape index (κ3) is 2.42. The number of hydrogen-bond acceptors (Lipinski definition) is 7. The molecule has 0 aliphatic carbocycles. The first-order chi connectivity index (χ1) is 8.36. The van der Waals surface area contributed by atoms with Crippen molar-refractivity contribution >= 4 is 11.9 Å². The smallest absolute Gasteiger partial charge is 0.368 e. The molecule has 0 aromatic carbocycles. The van der Waals surface area contributed by atoms with E-state index >= 15 is 0 Å². The van der Waals surface area contributed by atoms with Gasteiger partial charge in [-0.1, -0.05) is 0 Å².